The van der Waals surface area contributed by atoms with Crippen molar-refractivity contribution in [2.24, 2.45) is 10.9 Å². The summed E-state index contributed by atoms with van der Waals surface area (Å²) >= 11 is 0. The van der Waals surface area contributed by atoms with Crippen molar-refractivity contribution >= 4 is 21.5 Å². The predicted octanol–water partition coefficient (Wildman–Crippen LogP) is 3.79. The number of aromatic nitrogens is 1. The van der Waals surface area contributed by atoms with E-state index in [0.29, 0.717) is 28.8 Å². The molecule has 1 aromatic heterocycles. The zero-order valence-corrected chi connectivity index (χ0v) is 18.2. The van der Waals surface area contributed by atoms with Crippen LogP contribution in [0.15, 0.2) is 71.0 Å². The Labute approximate surface area is 188 Å². The Morgan fingerprint density at radius 1 is 1.09 bits per heavy atom. The lowest BCUT2D eigenvalue weighted by Crippen LogP contribution is -2.30. The van der Waals surface area contributed by atoms with E-state index in [2.05, 4.69) is 15.0 Å². The highest BCUT2D eigenvalue weighted by Gasteiger charge is 2.32. The van der Waals surface area contributed by atoms with Gasteiger partial charge in [0.2, 0.25) is 0 Å². The SMILES string of the molecule is CO/N=C(\N)c1ccc(S(=O)(=O)N2CCc3cc(-c4ccc(C(F)(F)F)cc4)ccc32)nc1. The molecule has 0 spiro atoms. The van der Waals surface area contributed by atoms with Crippen LogP contribution in [0.1, 0.15) is 16.7 Å². The molecule has 172 valence electrons. The number of rotatable bonds is 5. The molecule has 7 nitrogen and oxygen atoms in total. The van der Waals surface area contributed by atoms with Gasteiger partial charge in [-0.2, -0.15) is 21.6 Å². The Balaban J connectivity index is 1.60. The fourth-order valence-electron chi connectivity index (χ4n) is 3.60. The second-order valence-corrected chi connectivity index (χ2v) is 9.10. The van der Waals surface area contributed by atoms with Crippen molar-refractivity contribution in [3.05, 3.63) is 77.5 Å². The maximum absolute atomic E-state index is 13.2. The molecule has 1 aliphatic rings. The van der Waals surface area contributed by atoms with Gasteiger partial charge in [0.25, 0.3) is 10.0 Å². The second kappa shape index (κ2) is 8.39. The number of anilines is 1. The first-order valence-corrected chi connectivity index (χ1v) is 11.2. The molecule has 4 rings (SSSR count). The molecule has 33 heavy (non-hydrogen) atoms. The van der Waals surface area contributed by atoms with Crippen LogP contribution in [0, 0.1) is 0 Å². The molecule has 1 aliphatic heterocycles. The van der Waals surface area contributed by atoms with Gasteiger partial charge in [-0.25, -0.2) is 4.98 Å². The predicted molar refractivity (Wildman–Crippen MR) is 117 cm³/mol. The van der Waals surface area contributed by atoms with Gasteiger partial charge in [0, 0.05) is 18.3 Å². The number of nitrogens with two attached hydrogens (primary N) is 1. The normalized spacial score (nSPS) is 14.3. The number of benzene rings is 2. The Hall–Kier alpha value is -3.60. The highest BCUT2D eigenvalue weighted by molar-refractivity contribution is 7.92. The summed E-state index contributed by atoms with van der Waals surface area (Å²) in [6.45, 7) is 0.227. The number of pyridine rings is 1. The van der Waals surface area contributed by atoms with E-state index in [9.17, 15) is 21.6 Å². The number of nitrogens with zero attached hydrogens (tertiary/aromatic N) is 3. The van der Waals surface area contributed by atoms with Crippen molar-refractivity contribution < 1.29 is 26.4 Å². The van der Waals surface area contributed by atoms with Crippen molar-refractivity contribution in [1.82, 2.24) is 4.98 Å². The van der Waals surface area contributed by atoms with Crippen molar-refractivity contribution in [2.45, 2.75) is 17.6 Å². The highest BCUT2D eigenvalue weighted by atomic mass is 32.2. The van der Waals surface area contributed by atoms with Gasteiger partial charge in [-0.1, -0.05) is 23.4 Å². The molecule has 3 aromatic rings. The van der Waals surface area contributed by atoms with E-state index in [1.54, 1.807) is 18.2 Å². The number of hydrogen-bond donors (Lipinski definition) is 1. The van der Waals surface area contributed by atoms with Gasteiger partial charge in [0.15, 0.2) is 10.9 Å². The molecule has 2 heterocycles. The first-order valence-electron chi connectivity index (χ1n) is 9.77. The average Bonchev–Trinajstić information content (AvgIpc) is 3.23. The summed E-state index contributed by atoms with van der Waals surface area (Å²) in [6, 6.07) is 12.8. The molecular formula is C22H19F3N4O3S. The average molecular weight is 476 g/mol. The van der Waals surface area contributed by atoms with Gasteiger partial charge in [-0.3, -0.25) is 4.31 Å². The Morgan fingerprint density at radius 3 is 2.39 bits per heavy atom. The van der Waals surface area contributed by atoms with E-state index >= 15 is 0 Å². The van der Waals surface area contributed by atoms with E-state index in [1.807, 2.05) is 0 Å². The molecule has 0 amide bonds. The van der Waals surface area contributed by atoms with Crippen LogP contribution in [0.25, 0.3) is 11.1 Å². The highest BCUT2D eigenvalue weighted by Crippen LogP contribution is 2.36. The fourth-order valence-corrected chi connectivity index (χ4v) is 5.02. The van der Waals surface area contributed by atoms with Crippen LogP contribution in [-0.4, -0.2) is 32.9 Å². The van der Waals surface area contributed by atoms with Crippen LogP contribution in [0.5, 0.6) is 0 Å². The number of oxime groups is 1. The second-order valence-electron chi connectivity index (χ2n) is 7.29. The van der Waals surface area contributed by atoms with Crippen LogP contribution in [0.3, 0.4) is 0 Å². The zero-order valence-electron chi connectivity index (χ0n) is 17.4. The van der Waals surface area contributed by atoms with Crippen molar-refractivity contribution in [3.8, 4) is 11.1 Å². The van der Waals surface area contributed by atoms with Crippen LogP contribution < -0.4 is 10.0 Å². The van der Waals surface area contributed by atoms with E-state index < -0.39 is 21.8 Å². The summed E-state index contributed by atoms with van der Waals surface area (Å²) in [7, 11) is -2.58. The number of hydrogen-bond acceptors (Lipinski definition) is 5. The molecule has 0 unspecified atom stereocenters. The standard InChI is InChI=1S/C22H19F3N4O3S/c1-32-28-21(26)17-5-9-20(27-13-17)33(30,31)29-11-10-16-12-15(4-8-19(16)29)14-2-6-18(7-3-14)22(23,24)25/h2-9,12-13H,10-11H2,1H3,(H2,26,28). The molecular weight excluding hydrogens is 457 g/mol. The van der Waals surface area contributed by atoms with Crippen molar-refractivity contribution in [1.29, 1.82) is 0 Å². The number of halogens is 3. The molecule has 2 aromatic carbocycles. The zero-order chi connectivity index (χ0) is 23.8. The Kier molecular flexibility index (Phi) is 5.75. The third-order valence-electron chi connectivity index (χ3n) is 5.25. The Bertz CT molecular complexity index is 1310. The molecule has 0 saturated carbocycles. The van der Waals surface area contributed by atoms with Crippen molar-refractivity contribution in [3.63, 3.8) is 0 Å². The fraction of sp³-hybridized carbons (Fsp3) is 0.182. The van der Waals surface area contributed by atoms with Gasteiger partial charge in [-0.05, 0) is 59.5 Å². The number of amidine groups is 1. The van der Waals surface area contributed by atoms with Gasteiger partial charge in [0.1, 0.15) is 7.11 Å². The molecule has 0 atom stereocenters. The van der Waals surface area contributed by atoms with Crippen LogP contribution in [-0.2, 0) is 27.5 Å². The summed E-state index contributed by atoms with van der Waals surface area (Å²) < 4.78 is 66.0. The lowest BCUT2D eigenvalue weighted by Gasteiger charge is -2.19. The first-order chi connectivity index (χ1) is 15.6. The lowest BCUT2D eigenvalue weighted by molar-refractivity contribution is -0.137. The maximum atomic E-state index is 13.2. The first kappa shape index (κ1) is 22.6. The third-order valence-corrected chi connectivity index (χ3v) is 6.98. The summed E-state index contributed by atoms with van der Waals surface area (Å²) in [5.41, 5.74) is 8.01. The molecule has 0 fully saturated rings. The molecule has 2 N–H and O–H groups in total. The summed E-state index contributed by atoms with van der Waals surface area (Å²) in [5, 5.41) is 3.44. The monoisotopic (exact) mass is 476 g/mol. The van der Waals surface area contributed by atoms with E-state index in [0.717, 1.165) is 17.7 Å². The Morgan fingerprint density at radius 2 is 1.79 bits per heavy atom. The smallest absolute Gasteiger partial charge is 0.397 e. The quantitative estimate of drug-likeness (QED) is 0.343. The molecule has 0 radical (unpaired) electrons. The minimum atomic E-state index is -4.40. The van der Waals surface area contributed by atoms with E-state index in [1.165, 1.54) is 41.9 Å². The maximum Gasteiger partial charge on any atom is 0.416 e. The minimum absolute atomic E-state index is 0.0660. The van der Waals surface area contributed by atoms with Crippen LogP contribution in [0.2, 0.25) is 0 Å². The third kappa shape index (κ3) is 4.36. The van der Waals surface area contributed by atoms with Crippen LogP contribution in [0.4, 0.5) is 18.9 Å². The number of fused-ring (bicyclic) bond motifs is 1. The van der Waals surface area contributed by atoms with Crippen molar-refractivity contribution in [2.75, 3.05) is 18.0 Å². The minimum Gasteiger partial charge on any atom is -0.397 e. The summed E-state index contributed by atoms with van der Waals surface area (Å²) in [6.07, 6.45) is -2.64. The topological polar surface area (TPSA) is 97.9 Å². The number of alkyl halides is 3. The van der Waals surface area contributed by atoms with Gasteiger partial charge >= 0.3 is 6.18 Å². The lowest BCUT2D eigenvalue weighted by atomic mass is 10.0. The van der Waals surface area contributed by atoms with E-state index in [-0.39, 0.29) is 17.4 Å². The van der Waals surface area contributed by atoms with Gasteiger partial charge in [-0.15, -0.1) is 0 Å². The molecule has 0 bridgehead atoms. The molecule has 11 heteroatoms. The molecule has 0 aliphatic carbocycles. The summed E-state index contributed by atoms with van der Waals surface area (Å²) in [5.74, 6) is 0.0660. The summed E-state index contributed by atoms with van der Waals surface area (Å²) in [4.78, 5) is 8.62. The largest absolute Gasteiger partial charge is 0.416 e. The van der Waals surface area contributed by atoms with Crippen LogP contribution >= 0.6 is 0 Å². The molecule has 0 saturated heterocycles. The van der Waals surface area contributed by atoms with Gasteiger partial charge in [0.05, 0.1) is 11.3 Å². The number of sulfonamides is 1. The van der Waals surface area contributed by atoms with E-state index in [4.69, 9.17) is 5.73 Å². The van der Waals surface area contributed by atoms with Gasteiger partial charge < -0.3 is 10.6 Å².